The lowest BCUT2D eigenvalue weighted by Crippen LogP contribution is -2.35. The second-order valence-corrected chi connectivity index (χ2v) is 6.77. The van der Waals surface area contributed by atoms with Crippen molar-refractivity contribution in [3.05, 3.63) is 12.3 Å². The van der Waals surface area contributed by atoms with Crippen molar-refractivity contribution in [2.75, 3.05) is 38.0 Å². The van der Waals surface area contributed by atoms with Crippen LogP contribution in [0.15, 0.2) is 12.3 Å². The summed E-state index contributed by atoms with van der Waals surface area (Å²) in [5, 5.41) is 10.9. The molecule has 0 radical (unpaired) electrons. The highest BCUT2D eigenvalue weighted by molar-refractivity contribution is 5.89. The summed E-state index contributed by atoms with van der Waals surface area (Å²) in [6.45, 7) is 7.70. The fourth-order valence-corrected chi connectivity index (χ4v) is 3.69. The number of anilines is 1. The quantitative estimate of drug-likeness (QED) is 0.840. The maximum Gasteiger partial charge on any atom is 0.225 e. The summed E-state index contributed by atoms with van der Waals surface area (Å²) in [6.07, 6.45) is 6.77. The van der Waals surface area contributed by atoms with E-state index in [9.17, 15) is 4.79 Å². The Balaban J connectivity index is 1.50. The number of hydrogen-bond acceptors (Lipinski definition) is 4. The largest absolute Gasteiger partial charge is 0.316 e. The molecule has 3 heterocycles. The van der Waals surface area contributed by atoms with Crippen LogP contribution in [-0.4, -0.2) is 53.3 Å². The minimum atomic E-state index is 0.115. The number of nitrogens with zero attached hydrogens (tertiary/aromatic N) is 3. The van der Waals surface area contributed by atoms with Crippen LogP contribution in [0.4, 0.5) is 5.82 Å². The number of carbonyl (C=O) groups is 1. The van der Waals surface area contributed by atoms with Gasteiger partial charge in [0, 0.05) is 25.6 Å². The highest BCUT2D eigenvalue weighted by Gasteiger charge is 2.22. The lowest BCUT2D eigenvalue weighted by atomic mass is 10.0. The van der Waals surface area contributed by atoms with Gasteiger partial charge < -0.3 is 15.5 Å². The zero-order valence-corrected chi connectivity index (χ0v) is 14.1. The summed E-state index contributed by atoms with van der Waals surface area (Å²) in [5.74, 6) is 1.63. The van der Waals surface area contributed by atoms with Crippen LogP contribution in [-0.2, 0) is 4.79 Å². The summed E-state index contributed by atoms with van der Waals surface area (Å²) in [7, 11) is 0. The monoisotopic (exact) mass is 319 g/mol. The molecule has 2 aliphatic rings. The number of piperidine rings is 1. The summed E-state index contributed by atoms with van der Waals surface area (Å²) in [6, 6.07) is 2.32. The first kappa shape index (κ1) is 16.5. The Morgan fingerprint density at radius 1 is 1.39 bits per heavy atom. The zero-order valence-electron chi connectivity index (χ0n) is 14.1. The molecule has 2 aliphatic heterocycles. The van der Waals surface area contributed by atoms with Gasteiger partial charge in [-0.25, -0.2) is 4.68 Å². The smallest absolute Gasteiger partial charge is 0.225 e. The molecule has 2 fully saturated rings. The normalized spacial score (nSPS) is 23.3. The predicted molar refractivity (Wildman–Crippen MR) is 91.5 cm³/mol. The van der Waals surface area contributed by atoms with Crippen molar-refractivity contribution in [2.24, 2.45) is 5.92 Å². The molecule has 2 N–H and O–H groups in total. The van der Waals surface area contributed by atoms with Crippen molar-refractivity contribution < 1.29 is 4.79 Å². The molecule has 0 spiro atoms. The molecule has 6 nitrogen and oxygen atoms in total. The summed E-state index contributed by atoms with van der Waals surface area (Å²) < 4.78 is 2.02. The minimum Gasteiger partial charge on any atom is -0.316 e. The molecule has 6 heteroatoms. The highest BCUT2D eigenvalue weighted by atomic mass is 16.1. The van der Waals surface area contributed by atoms with E-state index in [-0.39, 0.29) is 5.91 Å². The number of aromatic nitrogens is 2. The van der Waals surface area contributed by atoms with Crippen LogP contribution < -0.4 is 10.6 Å². The number of amides is 1. The van der Waals surface area contributed by atoms with Gasteiger partial charge in [-0.1, -0.05) is 6.92 Å². The topological polar surface area (TPSA) is 62.2 Å². The molecule has 23 heavy (non-hydrogen) atoms. The molecule has 2 saturated heterocycles. The summed E-state index contributed by atoms with van der Waals surface area (Å²) in [5.41, 5.74) is 0. The Hall–Kier alpha value is -1.40. The van der Waals surface area contributed by atoms with E-state index in [1.807, 2.05) is 10.7 Å². The zero-order chi connectivity index (χ0) is 16.1. The molecule has 0 saturated carbocycles. The van der Waals surface area contributed by atoms with Gasteiger partial charge in [-0.3, -0.25) is 4.79 Å². The average molecular weight is 319 g/mol. The van der Waals surface area contributed by atoms with Crippen molar-refractivity contribution in [2.45, 2.75) is 45.1 Å². The van der Waals surface area contributed by atoms with Crippen LogP contribution in [0.1, 0.15) is 45.1 Å². The van der Waals surface area contributed by atoms with E-state index in [2.05, 4.69) is 27.6 Å². The number of nitrogens with one attached hydrogen (secondary N) is 2. The summed E-state index contributed by atoms with van der Waals surface area (Å²) in [4.78, 5) is 14.7. The third-order valence-electron chi connectivity index (χ3n) is 5.23. The van der Waals surface area contributed by atoms with Crippen molar-refractivity contribution in [3.8, 4) is 0 Å². The number of carbonyl (C=O) groups excluding carboxylic acids is 1. The maximum atomic E-state index is 12.2. The van der Waals surface area contributed by atoms with Gasteiger partial charge >= 0.3 is 0 Å². The molecule has 1 amide bonds. The number of hydrogen-bond donors (Lipinski definition) is 2. The molecule has 1 unspecified atom stereocenters. The second-order valence-electron chi connectivity index (χ2n) is 6.77. The average Bonchev–Trinajstić information content (AvgIpc) is 3.25. The van der Waals surface area contributed by atoms with Gasteiger partial charge in [-0.2, -0.15) is 5.10 Å². The van der Waals surface area contributed by atoms with Crippen LogP contribution in [0.2, 0.25) is 0 Å². The molecule has 3 rings (SSSR count). The fourth-order valence-electron chi connectivity index (χ4n) is 3.69. The Morgan fingerprint density at radius 3 is 2.91 bits per heavy atom. The first-order valence-electron chi connectivity index (χ1n) is 9.02. The molecular weight excluding hydrogens is 290 g/mol. The number of likely N-dealkylation sites (tertiary alicyclic amines) is 1. The van der Waals surface area contributed by atoms with Gasteiger partial charge in [0.15, 0.2) is 0 Å². The Morgan fingerprint density at radius 2 is 2.22 bits per heavy atom. The molecule has 1 atom stereocenters. The van der Waals surface area contributed by atoms with Crippen LogP contribution in [0.5, 0.6) is 0 Å². The van der Waals surface area contributed by atoms with Crippen LogP contribution in [0, 0.1) is 5.92 Å². The van der Waals surface area contributed by atoms with Crippen molar-refractivity contribution in [1.29, 1.82) is 0 Å². The Labute approximate surface area is 138 Å². The van der Waals surface area contributed by atoms with E-state index in [1.54, 1.807) is 6.20 Å². The minimum absolute atomic E-state index is 0.115. The predicted octanol–water partition coefficient (Wildman–Crippen LogP) is 1.87. The second kappa shape index (κ2) is 7.93. The maximum absolute atomic E-state index is 12.2. The number of rotatable bonds is 6. The third-order valence-corrected chi connectivity index (χ3v) is 5.23. The molecular formula is C17H29N5O. The highest BCUT2D eigenvalue weighted by Crippen LogP contribution is 2.25. The van der Waals surface area contributed by atoms with Crippen LogP contribution in [0.25, 0.3) is 0 Å². The Kier molecular flexibility index (Phi) is 5.67. The van der Waals surface area contributed by atoms with E-state index in [4.69, 9.17) is 0 Å². The van der Waals surface area contributed by atoms with E-state index in [0.29, 0.717) is 18.4 Å². The molecule has 0 aliphatic carbocycles. The van der Waals surface area contributed by atoms with Crippen molar-refractivity contribution >= 4 is 11.7 Å². The lowest BCUT2D eigenvalue weighted by Gasteiger charge is -2.31. The van der Waals surface area contributed by atoms with Crippen molar-refractivity contribution in [3.63, 3.8) is 0 Å². The van der Waals surface area contributed by atoms with Gasteiger partial charge in [0.05, 0.1) is 12.2 Å². The molecule has 1 aromatic rings. The summed E-state index contributed by atoms with van der Waals surface area (Å²) >= 11 is 0. The molecule has 1 aromatic heterocycles. The van der Waals surface area contributed by atoms with E-state index in [0.717, 1.165) is 57.8 Å². The standard InChI is InChI=1S/C17H29N5O/c1-2-21-11-7-15(8-12-21)22-16(6-10-19-22)20-17(23)4-3-14-5-9-18-13-14/h6,10,14-15,18H,2-5,7-9,11-13H2,1H3,(H,20,23). The molecule has 0 bridgehead atoms. The van der Waals surface area contributed by atoms with Crippen LogP contribution in [0.3, 0.4) is 0 Å². The van der Waals surface area contributed by atoms with E-state index >= 15 is 0 Å². The van der Waals surface area contributed by atoms with Crippen molar-refractivity contribution in [1.82, 2.24) is 20.0 Å². The van der Waals surface area contributed by atoms with Gasteiger partial charge in [0.2, 0.25) is 5.91 Å². The lowest BCUT2D eigenvalue weighted by molar-refractivity contribution is -0.116. The van der Waals surface area contributed by atoms with Gasteiger partial charge in [-0.15, -0.1) is 0 Å². The Bertz CT molecular complexity index is 501. The van der Waals surface area contributed by atoms with Crippen LogP contribution >= 0.6 is 0 Å². The third kappa shape index (κ3) is 4.32. The fraction of sp³-hybridized carbons (Fsp3) is 0.765. The van der Waals surface area contributed by atoms with Gasteiger partial charge in [0.1, 0.15) is 5.82 Å². The van der Waals surface area contributed by atoms with E-state index in [1.165, 1.54) is 6.42 Å². The van der Waals surface area contributed by atoms with E-state index < -0.39 is 0 Å². The van der Waals surface area contributed by atoms with Gasteiger partial charge in [-0.05, 0) is 51.2 Å². The molecule has 128 valence electrons. The van der Waals surface area contributed by atoms with Gasteiger partial charge in [0.25, 0.3) is 0 Å². The first-order chi connectivity index (χ1) is 11.3. The first-order valence-corrected chi connectivity index (χ1v) is 9.02. The SMILES string of the molecule is CCN1CCC(n2nccc2NC(=O)CCC2CCNC2)CC1. The molecule has 0 aromatic carbocycles.